The lowest BCUT2D eigenvalue weighted by Crippen LogP contribution is -2.40. The fraction of sp³-hybridized carbons (Fsp3) is 0.130. The van der Waals surface area contributed by atoms with Crippen LogP contribution in [0.4, 0.5) is 5.69 Å². The lowest BCUT2D eigenvalue weighted by molar-refractivity contribution is -0.132. The van der Waals surface area contributed by atoms with Crippen molar-refractivity contribution >= 4 is 17.6 Å². The number of nitrogens with zero attached hydrogens (tertiary/aromatic N) is 1. The number of carbonyl (C=O) groups excluding carboxylic acids is 2. The minimum atomic E-state index is -1.72. The molecule has 1 aliphatic heterocycles. The minimum Gasteiger partial charge on any atom is -0.465 e. The second-order valence-corrected chi connectivity index (χ2v) is 6.67. The smallest absolute Gasteiger partial charge is 0.337 e. The molecule has 0 saturated carbocycles. The first-order valence-electron chi connectivity index (χ1n) is 8.92. The molecule has 0 unspecified atom stereocenters. The van der Waals surface area contributed by atoms with Crippen molar-refractivity contribution in [2.24, 2.45) is 0 Å². The van der Waals surface area contributed by atoms with Crippen molar-refractivity contribution in [2.45, 2.75) is 12.1 Å². The predicted octanol–water partition coefficient (Wildman–Crippen LogP) is 3.26. The van der Waals surface area contributed by atoms with Crippen LogP contribution in [0.5, 0.6) is 0 Å². The fourth-order valence-electron chi connectivity index (χ4n) is 3.60. The van der Waals surface area contributed by atoms with E-state index in [2.05, 4.69) is 0 Å². The van der Waals surface area contributed by atoms with Crippen molar-refractivity contribution in [3.8, 4) is 0 Å². The highest BCUT2D eigenvalue weighted by Crippen LogP contribution is 2.44. The number of aliphatic hydroxyl groups is 1. The third-order valence-corrected chi connectivity index (χ3v) is 5.05. The second-order valence-electron chi connectivity index (χ2n) is 6.67. The number of esters is 1. The quantitative estimate of drug-likeness (QED) is 0.713. The molecule has 0 saturated heterocycles. The first-order valence-corrected chi connectivity index (χ1v) is 8.92. The normalized spacial score (nSPS) is 18.1. The monoisotopic (exact) mass is 373 g/mol. The summed E-state index contributed by atoms with van der Waals surface area (Å²) in [5.74, 6) is -0.801. The zero-order valence-corrected chi connectivity index (χ0v) is 15.3. The summed E-state index contributed by atoms with van der Waals surface area (Å²) in [6, 6.07) is 23.1. The van der Waals surface area contributed by atoms with Crippen molar-refractivity contribution in [3.63, 3.8) is 0 Å². The summed E-state index contributed by atoms with van der Waals surface area (Å²) in [6.07, 6.45) is 0. The molecule has 28 heavy (non-hydrogen) atoms. The van der Waals surface area contributed by atoms with Gasteiger partial charge in [-0.1, -0.05) is 60.7 Å². The van der Waals surface area contributed by atoms with Gasteiger partial charge in [-0.15, -0.1) is 0 Å². The topological polar surface area (TPSA) is 66.8 Å². The predicted molar refractivity (Wildman–Crippen MR) is 105 cm³/mol. The number of benzene rings is 3. The van der Waals surface area contributed by atoms with Gasteiger partial charge in [-0.2, -0.15) is 0 Å². The number of carbonyl (C=O) groups is 2. The van der Waals surface area contributed by atoms with E-state index in [4.69, 9.17) is 4.74 Å². The summed E-state index contributed by atoms with van der Waals surface area (Å²) in [4.78, 5) is 26.5. The van der Waals surface area contributed by atoms with Crippen LogP contribution in [-0.4, -0.2) is 24.1 Å². The number of fused-ring (bicyclic) bond motifs is 1. The van der Waals surface area contributed by atoms with Crippen molar-refractivity contribution in [1.29, 1.82) is 0 Å². The Kier molecular flexibility index (Phi) is 4.45. The third kappa shape index (κ3) is 2.77. The van der Waals surface area contributed by atoms with Crippen LogP contribution in [0.1, 0.15) is 27.0 Å². The van der Waals surface area contributed by atoms with E-state index < -0.39 is 17.5 Å². The molecule has 5 heteroatoms. The molecule has 0 aliphatic carbocycles. The molecule has 140 valence electrons. The first-order chi connectivity index (χ1) is 13.6. The molecule has 0 fully saturated rings. The summed E-state index contributed by atoms with van der Waals surface area (Å²) >= 11 is 0. The first kappa shape index (κ1) is 17.9. The van der Waals surface area contributed by atoms with Crippen LogP contribution >= 0.6 is 0 Å². The van der Waals surface area contributed by atoms with Crippen LogP contribution in [-0.2, 0) is 21.7 Å². The standard InChI is InChI=1S/C23H19NO4/c1-28-21(25)17-13-11-16(12-14-17)15-24-20-10-6-5-9-19(20)23(27,22(24)26)18-7-3-2-4-8-18/h2-14,27H,15H2,1H3/t23-/m0/s1. The van der Waals surface area contributed by atoms with Crippen molar-refractivity contribution in [3.05, 3.63) is 101 Å². The highest BCUT2D eigenvalue weighted by Gasteiger charge is 2.50. The zero-order chi connectivity index (χ0) is 19.7. The Morgan fingerprint density at radius 3 is 2.29 bits per heavy atom. The molecule has 0 spiro atoms. The van der Waals surface area contributed by atoms with Crippen LogP contribution in [0.15, 0.2) is 78.9 Å². The van der Waals surface area contributed by atoms with E-state index >= 15 is 0 Å². The zero-order valence-electron chi connectivity index (χ0n) is 15.3. The van der Waals surface area contributed by atoms with Crippen molar-refractivity contribution in [2.75, 3.05) is 12.0 Å². The third-order valence-electron chi connectivity index (χ3n) is 5.05. The second kappa shape index (κ2) is 6.94. The van der Waals surface area contributed by atoms with E-state index in [1.807, 2.05) is 24.3 Å². The van der Waals surface area contributed by atoms with Gasteiger partial charge in [0, 0.05) is 5.56 Å². The van der Waals surface area contributed by atoms with Crippen LogP contribution in [0.25, 0.3) is 0 Å². The molecule has 0 aromatic heterocycles. The van der Waals surface area contributed by atoms with Gasteiger partial charge in [0.25, 0.3) is 5.91 Å². The summed E-state index contributed by atoms with van der Waals surface area (Å²) < 4.78 is 4.71. The van der Waals surface area contributed by atoms with Gasteiger partial charge in [0.05, 0.1) is 24.9 Å². The number of amides is 1. The van der Waals surface area contributed by atoms with Crippen LogP contribution in [0, 0.1) is 0 Å². The van der Waals surface area contributed by atoms with Gasteiger partial charge >= 0.3 is 5.97 Å². The lowest BCUT2D eigenvalue weighted by Gasteiger charge is -2.23. The molecule has 3 aromatic rings. The van der Waals surface area contributed by atoms with Crippen molar-refractivity contribution < 1.29 is 19.4 Å². The van der Waals surface area contributed by atoms with Crippen LogP contribution in [0.3, 0.4) is 0 Å². The Hall–Kier alpha value is -3.44. The molecule has 0 bridgehead atoms. The molecule has 5 nitrogen and oxygen atoms in total. The maximum Gasteiger partial charge on any atom is 0.337 e. The maximum atomic E-state index is 13.3. The van der Waals surface area contributed by atoms with Gasteiger partial charge in [-0.25, -0.2) is 4.79 Å². The molecular formula is C23H19NO4. The molecule has 1 heterocycles. The number of hydrogen-bond acceptors (Lipinski definition) is 4. The molecule has 1 atom stereocenters. The van der Waals surface area contributed by atoms with Gasteiger partial charge in [0.2, 0.25) is 0 Å². The van der Waals surface area contributed by atoms with E-state index in [0.717, 1.165) is 5.56 Å². The van der Waals surface area contributed by atoms with E-state index in [1.54, 1.807) is 59.5 Å². The van der Waals surface area contributed by atoms with E-state index in [9.17, 15) is 14.7 Å². The van der Waals surface area contributed by atoms with Gasteiger partial charge in [0.1, 0.15) is 0 Å². The molecule has 0 radical (unpaired) electrons. The van der Waals surface area contributed by atoms with Gasteiger partial charge in [0.15, 0.2) is 5.60 Å². The molecule has 1 aliphatic rings. The number of anilines is 1. The minimum absolute atomic E-state index is 0.284. The molecule has 4 rings (SSSR count). The summed E-state index contributed by atoms with van der Waals surface area (Å²) in [6.45, 7) is 0.284. The molecule has 1 amide bonds. The van der Waals surface area contributed by atoms with Gasteiger partial charge in [-0.05, 0) is 29.3 Å². The average Bonchev–Trinajstić information content (AvgIpc) is 2.97. The largest absolute Gasteiger partial charge is 0.465 e. The summed E-state index contributed by atoms with van der Waals surface area (Å²) in [7, 11) is 1.33. The lowest BCUT2D eigenvalue weighted by atomic mass is 9.88. The molecule has 3 aromatic carbocycles. The van der Waals surface area contributed by atoms with Crippen LogP contribution in [0.2, 0.25) is 0 Å². The maximum absolute atomic E-state index is 13.3. The fourth-order valence-corrected chi connectivity index (χ4v) is 3.60. The average molecular weight is 373 g/mol. The molecular weight excluding hydrogens is 354 g/mol. The van der Waals surface area contributed by atoms with E-state index in [1.165, 1.54) is 7.11 Å². The van der Waals surface area contributed by atoms with Crippen molar-refractivity contribution in [1.82, 2.24) is 0 Å². The number of para-hydroxylation sites is 1. The Morgan fingerprint density at radius 2 is 1.61 bits per heavy atom. The van der Waals surface area contributed by atoms with E-state index in [0.29, 0.717) is 22.4 Å². The Morgan fingerprint density at radius 1 is 0.964 bits per heavy atom. The Bertz CT molecular complexity index is 1030. The van der Waals surface area contributed by atoms with Crippen LogP contribution < -0.4 is 4.90 Å². The van der Waals surface area contributed by atoms with Gasteiger partial charge in [-0.3, -0.25) is 4.79 Å². The highest BCUT2D eigenvalue weighted by atomic mass is 16.5. The van der Waals surface area contributed by atoms with E-state index in [-0.39, 0.29) is 6.54 Å². The summed E-state index contributed by atoms with van der Waals surface area (Å²) in [5.41, 5.74) is 1.35. The number of methoxy groups -OCH3 is 1. The Balaban J connectivity index is 1.71. The molecule has 1 N–H and O–H groups in total. The Labute approximate surface area is 162 Å². The number of rotatable bonds is 4. The van der Waals surface area contributed by atoms with Gasteiger partial charge < -0.3 is 14.7 Å². The highest BCUT2D eigenvalue weighted by molar-refractivity contribution is 6.09. The number of hydrogen-bond donors (Lipinski definition) is 1. The SMILES string of the molecule is COC(=O)c1ccc(CN2C(=O)[C@](O)(c3ccccc3)c3ccccc32)cc1. The summed E-state index contributed by atoms with van der Waals surface area (Å²) in [5, 5.41) is 11.4. The number of ether oxygens (including phenoxy) is 1.